The predicted molar refractivity (Wildman–Crippen MR) is 126 cm³/mol. The molecule has 180 valence electrons. The van der Waals surface area contributed by atoms with E-state index >= 15 is 0 Å². The first-order valence-corrected chi connectivity index (χ1v) is 11.5. The highest BCUT2D eigenvalue weighted by Gasteiger charge is 2.29. The minimum Gasteiger partial charge on any atom is -0.490 e. The fourth-order valence-corrected chi connectivity index (χ4v) is 4.74. The molecule has 0 bridgehead atoms. The second-order valence-corrected chi connectivity index (χ2v) is 8.54. The molecule has 0 saturated heterocycles. The average Bonchev–Trinajstić information content (AvgIpc) is 3.44. The predicted octanol–water partition coefficient (Wildman–Crippen LogP) is 3.95. The summed E-state index contributed by atoms with van der Waals surface area (Å²) in [6.07, 6.45) is 3.20. The van der Waals surface area contributed by atoms with Gasteiger partial charge in [-0.1, -0.05) is 12.1 Å². The highest BCUT2D eigenvalue weighted by atomic mass is 19.1. The number of aromatic amines is 1. The van der Waals surface area contributed by atoms with Crippen LogP contribution in [0.1, 0.15) is 36.6 Å². The number of nitrogens with one attached hydrogen (secondary N) is 1. The largest absolute Gasteiger partial charge is 0.490 e. The van der Waals surface area contributed by atoms with E-state index in [2.05, 4.69) is 21.0 Å². The maximum absolute atomic E-state index is 14.5. The van der Waals surface area contributed by atoms with Crippen molar-refractivity contribution in [1.82, 2.24) is 29.1 Å². The van der Waals surface area contributed by atoms with E-state index in [-0.39, 0.29) is 18.3 Å². The number of nitrogens with zero attached hydrogens (tertiary/aromatic N) is 6. The molecule has 5 aromatic rings. The van der Waals surface area contributed by atoms with Gasteiger partial charge in [0.15, 0.2) is 17.2 Å². The van der Waals surface area contributed by atoms with Gasteiger partial charge in [0.2, 0.25) is 5.95 Å². The zero-order valence-electron chi connectivity index (χ0n) is 18.9. The molecular weight excluding hydrogens is 468 g/mol. The summed E-state index contributed by atoms with van der Waals surface area (Å²) in [5, 5.41) is 9.01. The molecule has 0 fully saturated rings. The number of H-pyrrole nitrogens is 1. The van der Waals surface area contributed by atoms with Crippen LogP contribution in [0.2, 0.25) is 0 Å². The number of halogens is 2. The molecule has 3 aromatic heterocycles. The number of imidazole rings is 2. The Balaban J connectivity index is 1.59. The van der Waals surface area contributed by atoms with E-state index in [0.29, 0.717) is 59.1 Å². The molecule has 1 aliphatic rings. The number of aryl methyl sites for hydroxylation is 1. The fraction of sp³-hybridized carbons (Fsp3) is 0.240. The van der Waals surface area contributed by atoms with Gasteiger partial charge < -0.3 is 9.72 Å². The lowest BCUT2D eigenvalue weighted by Gasteiger charge is -2.26. The summed E-state index contributed by atoms with van der Waals surface area (Å²) in [7, 11) is 0. The van der Waals surface area contributed by atoms with Crippen LogP contribution in [0.15, 0.2) is 47.5 Å². The molecule has 0 radical (unpaired) electrons. The van der Waals surface area contributed by atoms with Crippen molar-refractivity contribution in [2.75, 3.05) is 6.61 Å². The van der Waals surface area contributed by atoms with Gasteiger partial charge in [-0.25, -0.2) is 23.5 Å². The molecule has 36 heavy (non-hydrogen) atoms. The van der Waals surface area contributed by atoms with Gasteiger partial charge in [-0.3, -0.25) is 9.13 Å². The number of fused-ring (bicyclic) bond motifs is 3. The van der Waals surface area contributed by atoms with E-state index in [9.17, 15) is 13.6 Å². The third kappa shape index (κ3) is 3.50. The van der Waals surface area contributed by atoms with Crippen molar-refractivity contribution in [2.24, 2.45) is 0 Å². The summed E-state index contributed by atoms with van der Waals surface area (Å²) in [6, 6.07) is 10.5. The van der Waals surface area contributed by atoms with E-state index in [0.717, 1.165) is 0 Å². The highest BCUT2D eigenvalue weighted by molar-refractivity contribution is 5.78. The van der Waals surface area contributed by atoms with Gasteiger partial charge in [0.25, 0.3) is 0 Å². The number of hydrogen-bond acceptors (Lipinski definition) is 6. The van der Waals surface area contributed by atoms with Crippen LogP contribution >= 0.6 is 0 Å². The van der Waals surface area contributed by atoms with Crippen LogP contribution < -0.4 is 10.4 Å². The zero-order chi connectivity index (χ0) is 24.8. The number of benzene rings is 2. The van der Waals surface area contributed by atoms with E-state index in [1.807, 2.05) is 0 Å². The molecule has 0 aliphatic carbocycles. The Kier molecular flexibility index (Phi) is 5.21. The number of rotatable bonds is 5. The SMILES string of the molecule is N#CCCCc1nc(-n2cnc3ccc(F)cc32)nc2c1[nH]c(=O)n2C1CCOc2c(F)cccc21. The molecule has 11 heteroatoms. The van der Waals surface area contributed by atoms with Crippen molar-refractivity contribution in [3.8, 4) is 17.8 Å². The highest BCUT2D eigenvalue weighted by Crippen LogP contribution is 2.37. The Morgan fingerprint density at radius 2 is 2.11 bits per heavy atom. The van der Waals surface area contributed by atoms with Crippen molar-refractivity contribution >= 4 is 22.2 Å². The molecule has 9 nitrogen and oxygen atoms in total. The smallest absolute Gasteiger partial charge is 0.328 e. The number of hydrogen-bond donors (Lipinski definition) is 1. The van der Waals surface area contributed by atoms with Crippen LogP contribution in [0, 0.1) is 23.0 Å². The van der Waals surface area contributed by atoms with Crippen LogP contribution in [-0.2, 0) is 6.42 Å². The summed E-state index contributed by atoms with van der Waals surface area (Å²) >= 11 is 0. The first-order valence-electron chi connectivity index (χ1n) is 11.5. The summed E-state index contributed by atoms with van der Waals surface area (Å²) in [5.41, 5.74) is 2.49. The number of aromatic nitrogens is 6. The second-order valence-electron chi connectivity index (χ2n) is 8.54. The minimum atomic E-state index is -0.516. The molecule has 1 unspecified atom stereocenters. The molecule has 0 spiro atoms. The van der Waals surface area contributed by atoms with Crippen LogP contribution in [0.3, 0.4) is 0 Å². The van der Waals surface area contributed by atoms with Gasteiger partial charge in [-0.2, -0.15) is 10.2 Å². The molecule has 1 N–H and O–H groups in total. The average molecular weight is 487 g/mol. The van der Waals surface area contributed by atoms with Crippen LogP contribution in [0.25, 0.3) is 28.1 Å². The third-order valence-corrected chi connectivity index (χ3v) is 6.36. The molecule has 1 aliphatic heterocycles. The summed E-state index contributed by atoms with van der Waals surface area (Å²) < 4.78 is 37.1. The normalized spacial score (nSPS) is 15.1. The van der Waals surface area contributed by atoms with Gasteiger partial charge in [-0.15, -0.1) is 0 Å². The number of nitriles is 1. The van der Waals surface area contributed by atoms with E-state index in [1.165, 1.54) is 29.1 Å². The van der Waals surface area contributed by atoms with E-state index < -0.39 is 23.4 Å². The quantitative estimate of drug-likeness (QED) is 0.376. The summed E-state index contributed by atoms with van der Waals surface area (Å²) in [5.74, 6) is -0.597. The Labute approximate surface area is 202 Å². The van der Waals surface area contributed by atoms with E-state index in [4.69, 9.17) is 15.0 Å². The van der Waals surface area contributed by atoms with Crippen molar-refractivity contribution in [3.05, 3.63) is 76.1 Å². The number of para-hydroxylation sites is 1. The molecule has 6 rings (SSSR count). The second kappa shape index (κ2) is 8.57. The summed E-state index contributed by atoms with van der Waals surface area (Å²) in [4.78, 5) is 29.8. The van der Waals surface area contributed by atoms with Gasteiger partial charge in [0.05, 0.1) is 35.4 Å². The Morgan fingerprint density at radius 1 is 1.22 bits per heavy atom. The zero-order valence-corrected chi connectivity index (χ0v) is 18.9. The van der Waals surface area contributed by atoms with Gasteiger partial charge >= 0.3 is 5.69 Å². The van der Waals surface area contributed by atoms with Crippen LogP contribution in [0.5, 0.6) is 5.75 Å². The van der Waals surface area contributed by atoms with Crippen molar-refractivity contribution in [3.63, 3.8) is 0 Å². The lowest BCUT2D eigenvalue weighted by Crippen LogP contribution is -2.28. The van der Waals surface area contributed by atoms with Crippen LogP contribution in [0.4, 0.5) is 8.78 Å². The minimum absolute atomic E-state index is 0.120. The maximum Gasteiger partial charge on any atom is 0.328 e. The van der Waals surface area contributed by atoms with Crippen molar-refractivity contribution < 1.29 is 13.5 Å². The maximum atomic E-state index is 14.5. The van der Waals surface area contributed by atoms with Crippen molar-refractivity contribution in [2.45, 2.75) is 31.7 Å². The van der Waals surface area contributed by atoms with Crippen molar-refractivity contribution in [1.29, 1.82) is 5.26 Å². The first-order chi connectivity index (χ1) is 17.5. The standard InChI is InChI=1S/C25H19F2N7O2/c26-14-7-8-17-20(12-14)33(13-29-17)24-30-18(6-1-2-10-28)21-23(32-24)34(25(35)31-21)19-9-11-36-22-15(19)4-3-5-16(22)27/h3-5,7-8,12-13,19H,1-2,6,9,11H2,(H,31,35). The fourth-order valence-electron chi connectivity index (χ4n) is 4.74. The Morgan fingerprint density at radius 3 is 2.97 bits per heavy atom. The molecule has 0 saturated carbocycles. The first kappa shape index (κ1) is 21.9. The lowest BCUT2D eigenvalue weighted by atomic mass is 10.00. The molecule has 0 amide bonds. The monoisotopic (exact) mass is 487 g/mol. The molecule has 4 heterocycles. The number of ether oxygens (including phenoxy) is 1. The molecule has 1 atom stereocenters. The topological polar surface area (TPSA) is 114 Å². The third-order valence-electron chi connectivity index (χ3n) is 6.36. The number of unbranched alkanes of at least 4 members (excludes halogenated alkanes) is 1. The summed E-state index contributed by atoms with van der Waals surface area (Å²) in [6.45, 7) is 0.232. The Hall–Kier alpha value is -4.59. The van der Waals surface area contributed by atoms with Gasteiger partial charge in [0, 0.05) is 24.5 Å². The van der Waals surface area contributed by atoms with E-state index in [1.54, 1.807) is 22.8 Å². The van der Waals surface area contributed by atoms with Gasteiger partial charge in [0.1, 0.15) is 17.7 Å². The molecule has 2 aromatic carbocycles. The van der Waals surface area contributed by atoms with Gasteiger partial charge in [-0.05, 0) is 31.0 Å². The molecular formula is C25H19F2N7O2. The lowest BCUT2D eigenvalue weighted by molar-refractivity contribution is 0.244. The van der Waals surface area contributed by atoms with Crippen LogP contribution in [-0.4, -0.2) is 35.7 Å². The Bertz CT molecular complexity index is 1730.